The molecule has 0 atom stereocenters. The Labute approximate surface area is 123 Å². The first-order valence-corrected chi connectivity index (χ1v) is 7.66. The van der Waals surface area contributed by atoms with Crippen LogP contribution in [-0.4, -0.2) is 27.9 Å². The SMILES string of the molecule is O=C(CC1(C(=O)O)CCCC1)N(Cc1ccco1)C1CC1. The summed E-state index contributed by atoms with van der Waals surface area (Å²) >= 11 is 0. The van der Waals surface area contributed by atoms with E-state index in [0.29, 0.717) is 19.4 Å². The van der Waals surface area contributed by atoms with Crippen molar-refractivity contribution in [3.05, 3.63) is 24.2 Å². The molecule has 0 unspecified atom stereocenters. The van der Waals surface area contributed by atoms with Gasteiger partial charge >= 0.3 is 5.97 Å². The van der Waals surface area contributed by atoms with E-state index in [1.165, 1.54) is 0 Å². The summed E-state index contributed by atoms with van der Waals surface area (Å²) < 4.78 is 5.32. The number of aliphatic carboxylic acids is 1. The number of carbonyl (C=O) groups is 2. The molecular weight excluding hydrogens is 270 g/mol. The van der Waals surface area contributed by atoms with Gasteiger partial charge < -0.3 is 14.4 Å². The Morgan fingerprint density at radius 1 is 1.33 bits per heavy atom. The highest BCUT2D eigenvalue weighted by Crippen LogP contribution is 2.42. The molecule has 5 heteroatoms. The second-order valence-corrected chi connectivity index (χ2v) is 6.30. The highest BCUT2D eigenvalue weighted by molar-refractivity contribution is 5.85. The third-order valence-electron chi connectivity index (χ3n) is 4.72. The lowest BCUT2D eigenvalue weighted by atomic mass is 9.82. The van der Waals surface area contributed by atoms with Crippen molar-refractivity contribution in [1.29, 1.82) is 0 Å². The second kappa shape index (κ2) is 5.54. The molecule has 1 amide bonds. The average Bonchev–Trinajstić information content (AvgIpc) is 2.97. The minimum atomic E-state index is -0.840. The molecule has 114 valence electrons. The predicted octanol–water partition coefficient (Wildman–Crippen LogP) is 2.81. The van der Waals surface area contributed by atoms with Crippen LogP contribution in [0.2, 0.25) is 0 Å². The molecule has 2 aliphatic carbocycles. The van der Waals surface area contributed by atoms with Gasteiger partial charge in [0.05, 0.1) is 18.2 Å². The summed E-state index contributed by atoms with van der Waals surface area (Å²) in [5.74, 6) is -0.105. The van der Waals surface area contributed by atoms with Gasteiger partial charge in [-0.15, -0.1) is 0 Å². The average molecular weight is 291 g/mol. The van der Waals surface area contributed by atoms with Crippen LogP contribution < -0.4 is 0 Å². The standard InChI is InChI=1S/C16H21NO4/c18-14(10-16(15(19)20)7-1-2-8-16)17(12-5-6-12)11-13-4-3-9-21-13/h3-4,9,12H,1-2,5-8,10-11H2,(H,19,20). The lowest BCUT2D eigenvalue weighted by molar-refractivity contribution is -0.153. The summed E-state index contributed by atoms with van der Waals surface area (Å²) in [5.41, 5.74) is -0.840. The number of hydrogen-bond acceptors (Lipinski definition) is 3. The van der Waals surface area contributed by atoms with Crippen molar-refractivity contribution in [1.82, 2.24) is 4.90 Å². The van der Waals surface area contributed by atoms with Crippen LogP contribution in [-0.2, 0) is 16.1 Å². The Morgan fingerprint density at radius 3 is 2.57 bits per heavy atom. The lowest BCUT2D eigenvalue weighted by Gasteiger charge is -2.28. The number of amides is 1. The molecule has 0 spiro atoms. The summed E-state index contributed by atoms with van der Waals surface area (Å²) in [6.45, 7) is 0.451. The van der Waals surface area contributed by atoms with Crippen molar-refractivity contribution in [3.8, 4) is 0 Å². The Balaban J connectivity index is 1.70. The molecule has 2 aliphatic rings. The van der Waals surface area contributed by atoms with Crippen molar-refractivity contribution in [2.24, 2.45) is 5.41 Å². The van der Waals surface area contributed by atoms with Gasteiger partial charge in [0.1, 0.15) is 5.76 Å². The first-order valence-electron chi connectivity index (χ1n) is 7.66. The van der Waals surface area contributed by atoms with Gasteiger partial charge in [-0.3, -0.25) is 9.59 Å². The van der Waals surface area contributed by atoms with Gasteiger partial charge in [0, 0.05) is 12.5 Å². The summed E-state index contributed by atoms with van der Waals surface area (Å²) in [4.78, 5) is 26.0. The minimum absolute atomic E-state index is 0.0433. The second-order valence-electron chi connectivity index (χ2n) is 6.30. The third-order valence-corrected chi connectivity index (χ3v) is 4.72. The van der Waals surface area contributed by atoms with Gasteiger partial charge in [-0.1, -0.05) is 12.8 Å². The Bertz CT molecular complexity index is 512. The highest BCUT2D eigenvalue weighted by atomic mass is 16.4. The van der Waals surface area contributed by atoms with Crippen LogP contribution in [0.15, 0.2) is 22.8 Å². The van der Waals surface area contributed by atoms with Crippen molar-refractivity contribution in [2.75, 3.05) is 0 Å². The molecule has 1 aromatic heterocycles. The molecule has 2 saturated carbocycles. The molecule has 5 nitrogen and oxygen atoms in total. The molecule has 21 heavy (non-hydrogen) atoms. The molecule has 1 aromatic rings. The van der Waals surface area contributed by atoms with Gasteiger partial charge in [0.25, 0.3) is 0 Å². The van der Waals surface area contributed by atoms with Crippen LogP contribution in [0, 0.1) is 5.41 Å². The highest BCUT2D eigenvalue weighted by Gasteiger charge is 2.45. The number of carbonyl (C=O) groups excluding carboxylic acids is 1. The van der Waals surface area contributed by atoms with Crippen molar-refractivity contribution in [3.63, 3.8) is 0 Å². The van der Waals surface area contributed by atoms with Gasteiger partial charge in [0.15, 0.2) is 0 Å². The minimum Gasteiger partial charge on any atom is -0.481 e. The van der Waals surface area contributed by atoms with Crippen LogP contribution in [0.3, 0.4) is 0 Å². The zero-order chi connectivity index (χ0) is 14.9. The number of carboxylic acids is 1. The van der Waals surface area contributed by atoms with Crippen LogP contribution >= 0.6 is 0 Å². The number of carboxylic acid groups (broad SMARTS) is 1. The van der Waals surface area contributed by atoms with Crippen molar-refractivity contribution >= 4 is 11.9 Å². The van der Waals surface area contributed by atoms with Gasteiger partial charge in [-0.25, -0.2) is 0 Å². The molecule has 1 heterocycles. The maximum absolute atomic E-state index is 12.6. The third kappa shape index (κ3) is 2.96. The summed E-state index contributed by atoms with van der Waals surface area (Å²) in [5, 5.41) is 9.52. The molecule has 0 radical (unpaired) electrons. The number of rotatable bonds is 6. The molecule has 1 N–H and O–H groups in total. The Hall–Kier alpha value is -1.78. The van der Waals surface area contributed by atoms with E-state index in [4.69, 9.17) is 4.42 Å². The normalized spacial score (nSPS) is 20.4. The van der Waals surface area contributed by atoms with E-state index >= 15 is 0 Å². The molecule has 0 aliphatic heterocycles. The lowest BCUT2D eigenvalue weighted by Crippen LogP contribution is -2.39. The molecule has 0 aromatic carbocycles. The van der Waals surface area contributed by atoms with Crippen molar-refractivity contribution in [2.45, 2.75) is 57.5 Å². The van der Waals surface area contributed by atoms with Crippen LogP contribution in [0.25, 0.3) is 0 Å². The van der Waals surface area contributed by atoms with Crippen LogP contribution in [0.1, 0.15) is 50.7 Å². The maximum Gasteiger partial charge on any atom is 0.310 e. The largest absolute Gasteiger partial charge is 0.481 e. The monoisotopic (exact) mass is 291 g/mol. The van der Waals surface area contributed by atoms with Crippen LogP contribution in [0.4, 0.5) is 0 Å². The molecule has 0 saturated heterocycles. The predicted molar refractivity (Wildman–Crippen MR) is 75.4 cm³/mol. The van der Waals surface area contributed by atoms with E-state index in [2.05, 4.69) is 0 Å². The van der Waals surface area contributed by atoms with E-state index in [1.807, 2.05) is 11.0 Å². The van der Waals surface area contributed by atoms with E-state index in [-0.39, 0.29) is 18.4 Å². The fourth-order valence-corrected chi connectivity index (χ4v) is 3.29. The van der Waals surface area contributed by atoms with E-state index in [1.54, 1.807) is 12.3 Å². The van der Waals surface area contributed by atoms with Crippen LogP contribution in [0.5, 0.6) is 0 Å². The number of furan rings is 1. The first kappa shape index (κ1) is 14.2. The zero-order valence-corrected chi connectivity index (χ0v) is 12.1. The summed E-state index contributed by atoms with van der Waals surface area (Å²) in [6, 6.07) is 3.92. The number of nitrogens with zero attached hydrogens (tertiary/aromatic N) is 1. The fourth-order valence-electron chi connectivity index (χ4n) is 3.29. The maximum atomic E-state index is 12.6. The van der Waals surface area contributed by atoms with Crippen molar-refractivity contribution < 1.29 is 19.1 Å². The molecule has 3 rings (SSSR count). The van der Waals surface area contributed by atoms with Gasteiger partial charge in [-0.2, -0.15) is 0 Å². The summed E-state index contributed by atoms with van der Waals surface area (Å²) in [6.07, 6.45) is 6.78. The topological polar surface area (TPSA) is 70.8 Å². The number of hydrogen-bond donors (Lipinski definition) is 1. The molecular formula is C16H21NO4. The quantitative estimate of drug-likeness (QED) is 0.875. The van der Waals surface area contributed by atoms with Gasteiger partial charge in [-0.05, 0) is 37.8 Å². The van der Waals surface area contributed by atoms with Gasteiger partial charge in [0.2, 0.25) is 5.91 Å². The smallest absolute Gasteiger partial charge is 0.310 e. The molecule has 0 bridgehead atoms. The Kier molecular flexibility index (Phi) is 3.74. The Morgan fingerprint density at radius 2 is 2.05 bits per heavy atom. The first-order chi connectivity index (χ1) is 10.1. The molecule has 2 fully saturated rings. The zero-order valence-electron chi connectivity index (χ0n) is 12.1. The fraction of sp³-hybridized carbons (Fsp3) is 0.625. The van der Waals surface area contributed by atoms with E-state index in [9.17, 15) is 14.7 Å². The summed E-state index contributed by atoms with van der Waals surface area (Å²) in [7, 11) is 0. The van der Waals surface area contributed by atoms with E-state index < -0.39 is 11.4 Å². The van der Waals surface area contributed by atoms with E-state index in [0.717, 1.165) is 31.4 Å².